The number of rotatable bonds is 4. The highest BCUT2D eigenvalue weighted by atomic mass is 16.5. The Labute approximate surface area is 195 Å². The van der Waals surface area contributed by atoms with E-state index < -0.39 is 6.03 Å². The van der Waals surface area contributed by atoms with E-state index >= 15 is 0 Å². The number of nitrogens with zero attached hydrogens (tertiary/aromatic N) is 2. The van der Waals surface area contributed by atoms with E-state index in [9.17, 15) is 9.59 Å². The van der Waals surface area contributed by atoms with E-state index in [1.807, 2.05) is 43.8 Å². The number of nitrogens with two attached hydrogens (primary N) is 1. The lowest BCUT2D eigenvalue weighted by Crippen LogP contribution is -2.19. The smallest absolute Gasteiger partial charge is 0.316 e. The number of aryl methyl sites for hydroxylation is 2. The number of anilines is 1. The van der Waals surface area contributed by atoms with Crippen LogP contribution in [-0.4, -0.2) is 33.7 Å². The van der Waals surface area contributed by atoms with Crippen molar-refractivity contribution in [2.24, 2.45) is 12.8 Å². The van der Waals surface area contributed by atoms with Gasteiger partial charge in [0.25, 0.3) is 0 Å². The highest BCUT2D eigenvalue weighted by Gasteiger charge is 2.29. The lowest BCUT2D eigenvalue weighted by Gasteiger charge is -2.04. The molecule has 0 spiro atoms. The van der Waals surface area contributed by atoms with Gasteiger partial charge in [-0.15, -0.1) is 0 Å². The fourth-order valence-corrected chi connectivity index (χ4v) is 4.34. The summed E-state index contributed by atoms with van der Waals surface area (Å²) in [4.78, 5) is 27.9. The van der Waals surface area contributed by atoms with Crippen molar-refractivity contribution in [2.45, 2.75) is 13.8 Å². The minimum Gasteiger partial charge on any atom is -0.497 e. The molecule has 3 heterocycles. The molecule has 34 heavy (non-hydrogen) atoms. The van der Waals surface area contributed by atoms with E-state index in [1.165, 1.54) is 0 Å². The summed E-state index contributed by atoms with van der Waals surface area (Å²) in [5.41, 5.74) is 11.3. The fraction of sp³-hybridized carbons (Fsp3) is 0.160. The number of ether oxygens (including phenoxy) is 2. The lowest BCUT2D eigenvalue weighted by molar-refractivity contribution is 0.101. The van der Waals surface area contributed by atoms with Crippen molar-refractivity contribution in [2.75, 3.05) is 12.4 Å². The van der Waals surface area contributed by atoms with Crippen molar-refractivity contribution in [3.05, 3.63) is 64.7 Å². The number of hydrogen-bond donors (Lipinski definition) is 3. The number of hydrogen-bond acceptors (Lipinski definition) is 5. The third-order valence-corrected chi connectivity index (χ3v) is 6.02. The Morgan fingerprint density at radius 3 is 2.71 bits per heavy atom. The Morgan fingerprint density at radius 2 is 2.03 bits per heavy atom. The first-order chi connectivity index (χ1) is 16.3. The molecule has 0 fully saturated rings. The summed E-state index contributed by atoms with van der Waals surface area (Å²) in [6.07, 6.45) is 1.74. The van der Waals surface area contributed by atoms with Crippen LogP contribution in [0.4, 0.5) is 10.5 Å². The number of carbonyl (C=O) groups is 2. The monoisotopic (exact) mass is 457 g/mol. The summed E-state index contributed by atoms with van der Waals surface area (Å²) >= 11 is 0. The van der Waals surface area contributed by atoms with E-state index in [0.29, 0.717) is 22.7 Å². The molecule has 2 aromatic heterocycles. The van der Waals surface area contributed by atoms with E-state index in [0.717, 1.165) is 39.1 Å². The van der Waals surface area contributed by atoms with Crippen LogP contribution in [-0.2, 0) is 7.05 Å². The number of ketones is 1. The number of H-pyrrole nitrogens is 1. The van der Waals surface area contributed by atoms with Gasteiger partial charge in [0, 0.05) is 40.5 Å². The predicted octanol–water partition coefficient (Wildman–Crippen LogP) is 4.30. The van der Waals surface area contributed by atoms with Gasteiger partial charge in [0.15, 0.2) is 5.76 Å². The Balaban J connectivity index is 1.68. The summed E-state index contributed by atoms with van der Waals surface area (Å²) in [7, 11) is 3.51. The second-order valence-electron chi connectivity index (χ2n) is 8.13. The van der Waals surface area contributed by atoms with Gasteiger partial charge in [-0.1, -0.05) is 0 Å². The highest BCUT2D eigenvalue weighted by Crippen LogP contribution is 2.39. The van der Waals surface area contributed by atoms with Crippen molar-refractivity contribution in [3.63, 3.8) is 0 Å². The molecule has 0 atom stereocenters. The molecule has 2 aromatic carbocycles. The zero-order valence-corrected chi connectivity index (χ0v) is 19.1. The van der Waals surface area contributed by atoms with Gasteiger partial charge < -0.3 is 25.5 Å². The largest absolute Gasteiger partial charge is 0.497 e. The Bertz CT molecular complexity index is 1530. The molecule has 0 radical (unpaired) electrons. The van der Waals surface area contributed by atoms with Gasteiger partial charge in [-0.2, -0.15) is 5.10 Å². The van der Waals surface area contributed by atoms with E-state index in [-0.39, 0.29) is 11.5 Å². The average molecular weight is 457 g/mol. The Hall–Kier alpha value is -4.53. The maximum atomic E-state index is 13.2. The van der Waals surface area contributed by atoms with Crippen molar-refractivity contribution in [1.82, 2.24) is 14.8 Å². The number of fused-ring (bicyclic) bond motifs is 2. The number of primary amides is 1. The first-order valence-electron chi connectivity index (χ1n) is 10.6. The zero-order valence-electron chi connectivity index (χ0n) is 19.1. The maximum absolute atomic E-state index is 13.2. The molecule has 0 bridgehead atoms. The SMILES string of the molecule is COc1ccc2[nH]c(-c3c(C)nn(C)c3C)c(/C=C3\Oc4ccc(NC(N)=O)cc4C3=O)c2c1. The molecule has 1 aliphatic rings. The first kappa shape index (κ1) is 21.3. The van der Waals surface area contributed by atoms with Crippen LogP contribution < -0.4 is 20.5 Å². The molecule has 0 aliphatic carbocycles. The van der Waals surface area contributed by atoms with Gasteiger partial charge in [0.05, 0.1) is 24.1 Å². The van der Waals surface area contributed by atoms with Crippen molar-refractivity contribution in [1.29, 1.82) is 0 Å². The molecular weight excluding hydrogens is 434 g/mol. The van der Waals surface area contributed by atoms with Gasteiger partial charge >= 0.3 is 6.03 Å². The number of benzene rings is 2. The van der Waals surface area contributed by atoms with Crippen LogP contribution in [0, 0.1) is 13.8 Å². The average Bonchev–Trinajstić information content (AvgIpc) is 3.39. The number of aromatic nitrogens is 3. The molecule has 2 amide bonds. The number of nitrogens with one attached hydrogen (secondary N) is 2. The van der Waals surface area contributed by atoms with E-state index in [1.54, 1.807) is 31.4 Å². The van der Waals surface area contributed by atoms with Crippen LogP contribution >= 0.6 is 0 Å². The van der Waals surface area contributed by atoms with Crippen molar-refractivity contribution in [3.8, 4) is 22.8 Å². The molecular formula is C25H23N5O4. The zero-order chi connectivity index (χ0) is 24.1. The van der Waals surface area contributed by atoms with Crippen LogP contribution in [0.5, 0.6) is 11.5 Å². The van der Waals surface area contributed by atoms with Crippen LogP contribution in [0.25, 0.3) is 28.2 Å². The van der Waals surface area contributed by atoms with Gasteiger partial charge in [-0.25, -0.2) is 4.79 Å². The highest BCUT2D eigenvalue weighted by molar-refractivity contribution is 6.16. The second kappa shape index (κ2) is 7.80. The fourth-order valence-electron chi connectivity index (χ4n) is 4.34. The van der Waals surface area contributed by atoms with Crippen molar-refractivity contribution >= 4 is 34.5 Å². The Kier molecular flexibility index (Phi) is 4.89. The normalized spacial score (nSPS) is 13.9. The van der Waals surface area contributed by atoms with Gasteiger partial charge in [0.1, 0.15) is 11.5 Å². The summed E-state index contributed by atoms with van der Waals surface area (Å²) in [5.74, 6) is 1.00. The number of carbonyl (C=O) groups excluding carboxylic acids is 2. The van der Waals surface area contributed by atoms with Gasteiger partial charge in [-0.3, -0.25) is 9.48 Å². The molecule has 5 rings (SSSR count). The molecule has 172 valence electrons. The number of urea groups is 1. The number of aromatic amines is 1. The van der Waals surface area contributed by atoms with E-state index in [2.05, 4.69) is 15.4 Å². The molecule has 9 heteroatoms. The third kappa shape index (κ3) is 3.38. The third-order valence-electron chi connectivity index (χ3n) is 6.02. The maximum Gasteiger partial charge on any atom is 0.316 e. The summed E-state index contributed by atoms with van der Waals surface area (Å²) < 4.78 is 13.2. The topological polar surface area (TPSA) is 124 Å². The van der Waals surface area contributed by atoms with Crippen molar-refractivity contribution < 1.29 is 19.1 Å². The number of Topliss-reactive ketones (excluding diaryl/α,β-unsaturated/α-hetero) is 1. The predicted molar refractivity (Wildman–Crippen MR) is 129 cm³/mol. The number of allylic oxidation sites excluding steroid dienone is 1. The molecule has 1 aliphatic heterocycles. The molecule has 4 aromatic rings. The summed E-state index contributed by atoms with van der Waals surface area (Å²) in [5, 5.41) is 7.92. The summed E-state index contributed by atoms with van der Waals surface area (Å²) in [6, 6.07) is 9.85. The first-order valence-corrected chi connectivity index (χ1v) is 10.6. The van der Waals surface area contributed by atoms with Gasteiger partial charge in [0.2, 0.25) is 5.78 Å². The second-order valence-corrected chi connectivity index (χ2v) is 8.13. The van der Waals surface area contributed by atoms with Gasteiger partial charge in [-0.05, 0) is 56.3 Å². The van der Waals surface area contributed by atoms with Crippen LogP contribution in [0.3, 0.4) is 0 Å². The van der Waals surface area contributed by atoms with Crippen LogP contribution in [0.15, 0.2) is 42.2 Å². The van der Waals surface area contributed by atoms with Crippen LogP contribution in [0.2, 0.25) is 0 Å². The molecule has 4 N–H and O–H groups in total. The molecule has 0 unspecified atom stereocenters. The lowest BCUT2D eigenvalue weighted by atomic mass is 10.0. The molecule has 9 nitrogen and oxygen atoms in total. The minimum absolute atomic E-state index is 0.176. The molecule has 0 saturated heterocycles. The Morgan fingerprint density at radius 1 is 1.24 bits per heavy atom. The minimum atomic E-state index is -0.707. The molecule has 0 saturated carbocycles. The number of amides is 2. The summed E-state index contributed by atoms with van der Waals surface area (Å²) in [6.45, 7) is 3.95. The van der Waals surface area contributed by atoms with Crippen LogP contribution in [0.1, 0.15) is 27.3 Å². The van der Waals surface area contributed by atoms with E-state index in [4.69, 9.17) is 15.2 Å². The quantitative estimate of drug-likeness (QED) is 0.394. The standard InChI is InChI=1S/C25H23N5O4/c1-12-22(13(2)30(3)29-12)23-17(16-10-15(33-4)6-7-19(16)28-23)11-21-24(31)18-9-14(27-25(26)32)5-8-20(18)34-21/h5-11,28H,1-4H3,(H3,26,27,32)/b21-11-. The number of methoxy groups -OCH3 is 1.